The van der Waals surface area contributed by atoms with Gasteiger partial charge >= 0.3 is 28.1 Å². The molecule has 0 unspecified atom stereocenters. The maximum absolute atomic E-state index is 12.7. The van der Waals surface area contributed by atoms with Crippen molar-refractivity contribution in [3.8, 4) is 10.4 Å². The summed E-state index contributed by atoms with van der Waals surface area (Å²) in [7, 11) is 0. The Morgan fingerprint density at radius 2 is 1.74 bits per heavy atom. The van der Waals surface area contributed by atoms with Crippen molar-refractivity contribution in [1.29, 1.82) is 0 Å². The van der Waals surface area contributed by atoms with Gasteiger partial charge in [0.15, 0.2) is 0 Å². The van der Waals surface area contributed by atoms with Crippen molar-refractivity contribution in [2.75, 3.05) is 31.6 Å². The van der Waals surface area contributed by atoms with E-state index in [1.807, 2.05) is 30.3 Å². The van der Waals surface area contributed by atoms with Gasteiger partial charge in [-0.25, -0.2) is 4.79 Å². The number of hydrogen-bond acceptors (Lipinski definition) is 7. The van der Waals surface area contributed by atoms with Crippen LogP contribution in [0, 0.1) is 7.43 Å². The molecule has 39 heavy (non-hydrogen) atoms. The number of nitrogens with zero attached hydrogens (tertiary/aromatic N) is 1. The summed E-state index contributed by atoms with van der Waals surface area (Å²) in [6.07, 6.45) is 1.09. The summed E-state index contributed by atoms with van der Waals surface area (Å²) in [5, 5.41) is 3.23. The Balaban J connectivity index is 0.00000174. The zero-order valence-electron chi connectivity index (χ0n) is 21.8. The van der Waals surface area contributed by atoms with Gasteiger partial charge in [-0.05, 0) is 37.5 Å². The molecular weight excluding hydrogens is 697 g/mol. The summed E-state index contributed by atoms with van der Waals surface area (Å²) in [6.45, 7) is 2.86. The van der Waals surface area contributed by atoms with Crippen LogP contribution in [-0.4, -0.2) is 55.1 Å². The molecule has 0 atom stereocenters. The first kappa shape index (κ1) is 32.0. The third kappa shape index (κ3) is 8.89. The number of nitrogens with one attached hydrogen (secondary N) is 2. The topological polar surface area (TPSA) is 126 Å². The summed E-state index contributed by atoms with van der Waals surface area (Å²) in [5.74, 6) is -0.938. The molecule has 0 bridgehead atoms. The van der Waals surface area contributed by atoms with Crippen LogP contribution in [0.4, 0.5) is 10.7 Å². The van der Waals surface area contributed by atoms with Crippen molar-refractivity contribution in [2.45, 2.75) is 25.9 Å². The predicted octanol–water partition coefficient (Wildman–Crippen LogP) is 5.86. The molecule has 0 radical (unpaired) electrons. The summed E-state index contributed by atoms with van der Waals surface area (Å²) in [6, 6.07) is 18.0. The number of thiophene rings is 1. The van der Waals surface area contributed by atoms with Crippen molar-refractivity contribution in [3.63, 3.8) is 0 Å². The first-order valence-electron chi connectivity index (χ1n) is 12.0. The third-order valence-electron chi connectivity index (χ3n) is 5.83. The fourth-order valence-electron chi connectivity index (χ4n) is 4.01. The van der Waals surface area contributed by atoms with Crippen LogP contribution in [0.15, 0.2) is 60.7 Å². The monoisotopic (exact) mass is 729 g/mol. The number of hydrogen-bond donors (Lipinski definition) is 1. The van der Waals surface area contributed by atoms with Gasteiger partial charge in [-0.1, -0.05) is 48.5 Å². The molecule has 4 rings (SSSR count). The fraction of sp³-hybridized carbons (Fsp3) is 0.286. The van der Waals surface area contributed by atoms with Crippen LogP contribution in [-0.2, 0) is 36.4 Å². The molecule has 1 aliphatic heterocycles. The van der Waals surface area contributed by atoms with Crippen molar-refractivity contribution in [1.82, 2.24) is 4.90 Å². The normalized spacial score (nSPS) is 12.9. The molecule has 9 nitrogen and oxygen atoms in total. The Morgan fingerprint density at radius 1 is 1.05 bits per heavy atom. The minimum absolute atomic E-state index is 0. The average Bonchev–Trinajstić information content (AvgIpc) is 3.37. The number of amides is 2. The molecule has 0 spiro atoms. The number of esters is 1. The van der Waals surface area contributed by atoms with Crippen LogP contribution in [0.5, 0.6) is 0 Å². The van der Waals surface area contributed by atoms with Gasteiger partial charge in [0.2, 0.25) is 0 Å². The van der Waals surface area contributed by atoms with Crippen LogP contribution in [0.3, 0.4) is 0 Å². The summed E-state index contributed by atoms with van der Waals surface area (Å²) >= 11 is 1.92. The van der Waals surface area contributed by atoms with E-state index in [0.717, 1.165) is 10.4 Å². The molecule has 2 N–H and O–H groups in total. The van der Waals surface area contributed by atoms with Crippen molar-refractivity contribution in [3.05, 3.63) is 85.0 Å². The van der Waals surface area contributed by atoms with Crippen molar-refractivity contribution < 1.29 is 45.9 Å². The van der Waals surface area contributed by atoms with Crippen molar-refractivity contribution in [2.24, 2.45) is 0 Å². The number of anilines is 1. The average molecular weight is 728 g/mol. The van der Waals surface area contributed by atoms with E-state index in [9.17, 15) is 14.4 Å². The molecule has 2 heterocycles. The van der Waals surface area contributed by atoms with E-state index in [4.69, 9.17) is 18.7 Å². The summed E-state index contributed by atoms with van der Waals surface area (Å²) < 4.78 is 19.3. The number of ether oxygens (including phenoxy) is 2. The molecule has 11 heteroatoms. The quantitative estimate of drug-likeness (QED) is 0.229. The van der Waals surface area contributed by atoms with Gasteiger partial charge in [0.05, 0.1) is 18.3 Å². The second-order valence-electron chi connectivity index (χ2n) is 8.37. The Kier molecular flexibility index (Phi) is 13.1. The molecule has 210 valence electrons. The Bertz CT molecular complexity index is 1250. The molecule has 3 aromatic rings. The Morgan fingerprint density at radius 3 is 2.38 bits per heavy atom. The first-order valence-corrected chi connectivity index (χ1v) is 13.8. The zero-order valence-corrected chi connectivity index (χ0v) is 25.1. The van der Waals surface area contributed by atoms with Gasteiger partial charge in [-0.15, -0.1) is 17.0 Å². The molecule has 0 aliphatic carbocycles. The van der Waals surface area contributed by atoms with E-state index in [1.165, 1.54) is 11.3 Å². The van der Waals surface area contributed by atoms with Gasteiger partial charge in [-0.3, -0.25) is 9.59 Å². The van der Waals surface area contributed by atoms with Gasteiger partial charge < -0.3 is 32.9 Å². The van der Waals surface area contributed by atoms with E-state index in [0.29, 0.717) is 66.3 Å². The zero-order chi connectivity index (χ0) is 27.5. The number of carbonyl (C=O) groups is 3. The van der Waals surface area contributed by atoms with E-state index < -0.39 is 5.97 Å². The Labute approximate surface area is 242 Å². The SMILES string of the molecule is CCOC(=O)c1cc(-c2ccccc2)sc1NC(=O)COC1CCN(C(=O)c2cccc([NH-])c2)CC1.[CH3-].[O]=[Os]. The fourth-order valence-corrected chi connectivity index (χ4v) is 5.07. The standard InChI is InChI=1S/C27H28N3O5S.CH3.O.Os/c1-2-34-27(33)22-16-23(18-7-4-3-5-8-18)36-25(22)29-24(31)17-35-21-11-13-30(14-12-21)26(32)19-9-6-10-20(28)15-19;;;/h3-10,15-16,21,28H,2,11-14,17H2,1H3,(H,29,31,33);1H3;;/q2*-1;;. The minimum atomic E-state index is -0.486. The second kappa shape index (κ2) is 16.0. The number of carbonyl (C=O) groups excluding carboxylic acids is 3. The van der Waals surface area contributed by atoms with E-state index >= 15 is 0 Å². The number of benzene rings is 2. The molecule has 2 amide bonds. The van der Waals surface area contributed by atoms with Gasteiger partial charge in [-0.2, -0.15) is 0 Å². The van der Waals surface area contributed by atoms with Crippen LogP contribution >= 0.6 is 11.3 Å². The molecular formula is C28H31N3O6OsS-2. The van der Waals surface area contributed by atoms with Gasteiger partial charge in [0.25, 0.3) is 11.8 Å². The molecule has 1 aromatic heterocycles. The first-order chi connectivity index (χ1) is 18.4. The third-order valence-corrected chi connectivity index (χ3v) is 6.93. The summed E-state index contributed by atoms with van der Waals surface area (Å²) in [5.41, 5.74) is 9.77. The van der Waals surface area contributed by atoms with Crippen LogP contribution in [0.1, 0.15) is 40.5 Å². The molecule has 0 saturated carbocycles. The predicted molar refractivity (Wildman–Crippen MR) is 147 cm³/mol. The van der Waals surface area contributed by atoms with E-state index in [-0.39, 0.29) is 38.6 Å². The van der Waals surface area contributed by atoms with E-state index in [1.54, 1.807) is 42.2 Å². The number of likely N-dealkylation sites (tertiary alicyclic amines) is 1. The second-order valence-corrected chi connectivity index (χ2v) is 9.42. The van der Waals surface area contributed by atoms with Crippen LogP contribution in [0.25, 0.3) is 16.2 Å². The van der Waals surface area contributed by atoms with Crippen LogP contribution in [0.2, 0.25) is 0 Å². The van der Waals surface area contributed by atoms with E-state index in [2.05, 4.69) is 5.32 Å². The Hall–Kier alpha value is -3.25. The molecule has 1 saturated heterocycles. The van der Waals surface area contributed by atoms with Crippen molar-refractivity contribution >= 4 is 39.8 Å². The molecule has 1 aliphatic rings. The maximum atomic E-state index is 12.7. The van der Waals surface area contributed by atoms with Gasteiger partial charge in [0, 0.05) is 23.5 Å². The molecule has 2 aromatic carbocycles. The van der Waals surface area contributed by atoms with Crippen LogP contribution < -0.4 is 5.32 Å². The summed E-state index contributed by atoms with van der Waals surface area (Å²) in [4.78, 5) is 40.4. The van der Waals surface area contributed by atoms with Gasteiger partial charge in [0.1, 0.15) is 11.6 Å². The number of piperidine rings is 1. The number of rotatable bonds is 8. The molecule has 1 fully saturated rings.